The fraction of sp³-hybridized carbons (Fsp3) is 0.889. The molecule has 4 nitrogen and oxygen atoms in total. The van der Waals surface area contributed by atoms with Gasteiger partial charge in [0.25, 0.3) is 5.24 Å². The van der Waals surface area contributed by atoms with Crippen LogP contribution in [0.15, 0.2) is 0 Å². The number of amides is 1. The van der Waals surface area contributed by atoms with E-state index in [0.29, 0.717) is 0 Å². The second-order valence-electron chi connectivity index (χ2n) is 6.23. The van der Waals surface area contributed by atoms with E-state index in [1.54, 1.807) is 0 Å². The molecule has 0 fully saturated rings. The van der Waals surface area contributed by atoms with Gasteiger partial charge in [0.15, 0.2) is 0 Å². The summed E-state index contributed by atoms with van der Waals surface area (Å²) in [5.74, 6) is 1.79. The third-order valence-corrected chi connectivity index (χ3v) is 5.42. The maximum atomic E-state index is 10.6. The lowest BCUT2D eigenvalue weighted by molar-refractivity contribution is 0.147. The van der Waals surface area contributed by atoms with E-state index in [0.717, 1.165) is 56.5 Å². The second-order valence-corrected chi connectivity index (χ2v) is 8.21. The standard InChI is InChI=1S/C18H34N2O2S2/c19-16-23-14-10-6-2-1-4-8-12-17(21)13-9-5-3-7-11-15-24-18(20)22/h17,21H,1-15H2,(H2,20,22)/t17-/m0/s1. The maximum absolute atomic E-state index is 10.6. The predicted molar refractivity (Wildman–Crippen MR) is 106 cm³/mol. The van der Waals surface area contributed by atoms with Crippen LogP contribution in [0.2, 0.25) is 0 Å². The molecule has 1 amide bonds. The number of rotatable bonds is 17. The Hall–Kier alpha value is -0.380. The Bertz CT molecular complexity index is 335. The van der Waals surface area contributed by atoms with Crippen molar-refractivity contribution in [3.63, 3.8) is 0 Å². The number of aliphatic hydroxyl groups is 1. The van der Waals surface area contributed by atoms with Gasteiger partial charge in [-0.05, 0) is 37.4 Å². The molecule has 0 aliphatic carbocycles. The first-order valence-corrected chi connectivity index (χ1v) is 11.2. The van der Waals surface area contributed by atoms with Crippen molar-refractivity contribution in [3.8, 4) is 5.40 Å². The van der Waals surface area contributed by atoms with Gasteiger partial charge in [0.2, 0.25) is 0 Å². The van der Waals surface area contributed by atoms with E-state index in [1.165, 1.54) is 62.0 Å². The molecule has 140 valence electrons. The Morgan fingerprint density at radius 1 is 0.875 bits per heavy atom. The van der Waals surface area contributed by atoms with E-state index >= 15 is 0 Å². The summed E-state index contributed by atoms with van der Waals surface area (Å²) in [6.07, 6.45) is 14.5. The van der Waals surface area contributed by atoms with Crippen LogP contribution < -0.4 is 5.73 Å². The summed E-state index contributed by atoms with van der Waals surface area (Å²) in [6, 6.07) is 0. The van der Waals surface area contributed by atoms with E-state index in [1.807, 2.05) is 0 Å². The summed E-state index contributed by atoms with van der Waals surface area (Å²) in [4.78, 5) is 10.6. The third kappa shape index (κ3) is 19.7. The van der Waals surface area contributed by atoms with Gasteiger partial charge in [-0.15, -0.1) is 0 Å². The van der Waals surface area contributed by atoms with E-state index < -0.39 is 0 Å². The van der Waals surface area contributed by atoms with E-state index in [2.05, 4.69) is 5.40 Å². The highest BCUT2D eigenvalue weighted by Gasteiger charge is 2.04. The molecule has 0 rings (SSSR count). The summed E-state index contributed by atoms with van der Waals surface area (Å²) in [7, 11) is 0. The molecule has 1 atom stereocenters. The minimum atomic E-state index is -0.281. The molecule has 0 radical (unpaired) electrons. The van der Waals surface area contributed by atoms with Crippen LogP contribution in [0, 0.1) is 10.7 Å². The number of aliphatic hydroxyl groups excluding tert-OH is 1. The van der Waals surface area contributed by atoms with Crippen LogP contribution in [0.5, 0.6) is 0 Å². The number of thiocyanates is 1. The molecule has 0 aromatic heterocycles. The van der Waals surface area contributed by atoms with Gasteiger partial charge in [0, 0.05) is 11.5 Å². The van der Waals surface area contributed by atoms with Crippen LogP contribution in [0.3, 0.4) is 0 Å². The number of nitriles is 1. The fourth-order valence-electron chi connectivity index (χ4n) is 2.64. The first kappa shape index (κ1) is 23.6. The summed E-state index contributed by atoms with van der Waals surface area (Å²) >= 11 is 2.55. The van der Waals surface area contributed by atoms with Crippen molar-refractivity contribution in [3.05, 3.63) is 0 Å². The fourth-order valence-corrected chi connectivity index (χ4v) is 3.63. The van der Waals surface area contributed by atoms with Gasteiger partial charge < -0.3 is 10.8 Å². The molecule has 0 aromatic carbocycles. The molecule has 0 aliphatic rings. The number of unbranched alkanes of at least 4 members (excludes halogenated alkanes) is 9. The van der Waals surface area contributed by atoms with Crippen LogP contribution in [0.25, 0.3) is 0 Å². The predicted octanol–water partition coefficient (Wildman–Crippen LogP) is 5.44. The Morgan fingerprint density at radius 2 is 1.33 bits per heavy atom. The van der Waals surface area contributed by atoms with Crippen LogP contribution in [-0.2, 0) is 0 Å². The van der Waals surface area contributed by atoms with Crippen LogP contribution in [-0.4, -0.2) is 28.0 Å². The van der Waals surface area contributed by atoms with E-state index in [-0.39, 0.29) is 11.3 Å². The zero-order valence-electron chi connectivity index (χ0n) is 14.9. The molecule has 0 spiro atoms. The lowest BCUT2D eigenvalue weighted by atomic mass is 10.0. The molecule has 0 unspecified atom stereocenters. The number of carbonyl (C=O) groups excluding carboxylic acids is 1. The molecular formula is C18H34N2O2S2. The molecule has 3 N–H and O–H groups in total. The lowest BCUT2D eigenvalue weighted by Crippen LogP contribution is -2.06. The van der Waals surface area contributed by atoms with Gasteiger partial charge in [0.05, 0.1) is 6.10 Å². The Morgan fingerprint density at radius 3 is 1.83 bits per heavy atom. The van der Waals surface area contributed by atoms with Crippen molar-refractivity contribution in [2.45, 2.75) is 89.6 Å². The zero-order valence-corrected chi connectivity index (χ0v) is 16.5. The van der Waals surface area contributed by atoms with Gasteiger partial charge in [0.1, 0.15) is 5.40 Å². The van der Waals surface area contributed by atoms with Crippen molar-refractivity contribution in [1.29, 1.82) is 5.26 Å². The molecule has 0 saturated carbocycles. The zero-order chi connectivity index (χ0) is 17.9. The topological polar surface area (TPSA) is 87.1 Å². The lowest BCUT2D eigenvalue weighted by Gasteiger charge is -2.10. The summed E-state index contributed by atoms with van der Waals surface area (Å²) in [5, 5.41) is 20.2. The summed E-state index contributed by atoms with van der Waals surface area (Å²) in [5.41, 5.74) is 5.06. The Kier molecular flexibility index (Phi) is 18.7. The normalized spacial score (nSPS) is 12.0. The molecule has 0 aliphatic heterocycles. The van der Waals surface area contributed by atoms with Gasteiger partial charge in [-0.25, -0.2) is 0 Å². The minimum absolute atomic E-state index is 0.137. The Balaban J connectivity index is 3.17. The van der Waals surface area contributed by atoms with Gasteiger partial charge >= 0.3 is 0 Å². The highest BCUT2D eigenvalue weighted by molar-refractivity contribution is 8.13. The highest BCUT2D eigenvalue weighted by atomic mass is 32.2. The second kappa shape index (κ2) is 19.0. The molecule has 6 heteroatoms. The van der Waals surface area contributed by atoms with Crippen molar-refractivity contribution in [1.82, 2.24) is 0 Å². The smallest absolute Gasteiger partial charge is 0.276 e. The van der Waals surface area contributed by atoms with Crippen molar-refractivity contribution in [2.24, 2.45) is 5.73 Å². The average Bonchev–Trinajstić information content (AvgIpc) is 2.55. The van der Waals surface area contributed by atoms with E-state index in [9.17, 15) is 9.90 Å². The number of hydrogen-bond donors (Lipinski definition) is 2. The van der Waals surface area contributed by atoms with Crippen molar-refractivity contribution < 1.29 is 9.90 Å². The largest absolute Gasteiger partial charge is 0.393 e. The first-order chi connectivity index (χ1) is 11.7. The summed E-state index contributed by atoms with van der Waals surface area (Å²) in [6.45, 7) is 0. The van der Waals surface area contributed by atoms with Gasteiger partial charge in [-0.1, -0.05) is 69.5 Å². The monoisotopic (exact) mass is 374 g/mol. The minimum Gasteiger partial charge on any atom is -0.393 e. The highest BCUT2D eigenvalue weighted by Crippen LogP contribution is 2.15. The third-order valence-electron chi connectivity index (χ3n) is 4.02. The molecular weight excluding hydrogens is 340 g/mol. The van der Waals surface area contributed by atoms with Gasteiger partial charge in [-0.2, -0.15) is 5.26 Å². The first-order valence-electron chi connectivity index (χ1n) is 9.28. The molecule has 0 heterocycles. The SMILES string of the molecule is N#CSCCCCCCCC[C@H](O)CCCCCCCSC(N)=O. The Labute approximate surface area is 156 Å². The molecule has 24 heavy (non-hydrogen) atoms. The number of nitrogens with zero attached hydrogens (tertiary/aromatic N) is 1. The quantitative estimate of drug-likeness (QED) is 0.261. The number of primary amides is 1. The van der Waals surface area contributed by atoms with E-state index in [4.69, 9.17) is 11.0 Å². The number of nitrogens with two attached hydrogens (primary N) is 1. The maximum Gasteiger partial charge on any atom is 0.276 e. The molecule has 0 aromatic rings. The molecule has 0 saturated heterocycles. The average molecular weight is 375 g/mol. The van der Waals surface area contributed by atoms with Crippen LogP contribution >= 0.6 is 23.5 Å². The van der Waals surface area contributed by atoms with Gasteiger partial charge in [-0.3, -0.25) is 4.79 Å². The number of carbonyl (C=O) groups is 1. The van der Waals surface area contributed by atoms with Crippen LogP contribution in [0.1, 0.15) is 83.5 Å². The van der Waals surface area contributed by atoms with Crippen molar-refractivity contribution >= 4 is 28.8 Å². The van der Waals surface area contributed by atoms with Crippen LogP contribution in [0.4, 0.5) is 4.79 Å². The number of thioether (sulfide) groups is 2. The number of hydrogen-bond acceptors (Lipinski definition) is 5. The molecule has 0 bridgehead atoms. The summed E-state index contributed by atoms with van der Waals surface area (Å²) < 4.78 is 0. The van der Waals surface area contributed by atoms with Crippen molar-refractivity contribution in [2.75, 3.05) is 11.5 Å².